The van der Waals surface area contributed by atoms with Crippen molar-refractivity contribution < 1.29 is 33.7 Å². The highest BCUT2D eigenvalue weighted by Crippen LogP contribution is 2.64. The van der Waals surface area contributed by atoms with Gasteiger partial charge in [0, 0.05) is 25.4 Å². The van der Waals surface area contributed by atoms with Gasteiger partial charge in [-0.3, -0.25) is 14.4 Å². The van der Waals surface area contributed by atoms with Crippen molar-refractivity contribution in [1.82, 2.24) is 4.90 Å². The first-order valence-corrected chi connectivity index (χ1v) is 13.3. The molecule has 1 N–H and O–H groups in total. The Bertz CT molecular complexity index is 1070. The van der Waals surface area contributed by atoms with Crippen LogP contribution in [-0.2, 0) is 23.9 Å². The average Bonchev–Trinajstić information content (AvgIpc) is 3.54. The minimum absolute atomic E-state index is 0.0183. The smallest absolute Gasteiger partial charge is 0.313 e. The summed E-state index contributed by atoms with van der Waals surface area (Å²) in [5.74, 6) is -2.03. The SMILES string of the molecule is C=CCOC(=O)[C@@H]1[C@H]2C(=O)N(CCCCO)C(C(=O)N(CC=C)c3ccc(OC)cc3)C23CC[C@@]1(CC)O3. The van der Waals surface area contributed by atoms with Gasteiger partial charge in [-0.05, 0) is 56.4 Å². The normalized spacial score (nSPS) is 29.2. The fraction of sp³-hybridized carbons (Fsp3) is 0.552. The molecule has 5 atom stereocenters. The molecule has 3 aliphatic heterocycles. The maximum absolute atomic E-state index is 14.4. The number of hydrogen-bond acceptors (Lipinski definition) is 7. The van der Waals surface area contributed by atoms with Crippen molar-refractivity contribution in [2.75, 3.05) is 38.3 Å². The lowest BCUT2D eigenvalue weighted by Crippen LogP contribution is -2.56. The van der Waals surface area contributed by atoms with Crippen LogP contribution in [0.25, 0.3) is 0 Å². The number of aliphatic hydroxyl groups excluding tert-OH is 1. The summed E-state index contributed by atoms with van der Waals surface area (Å²) in [5.41, 5.74) is -1.37. The van der Waals surface area contributed by atoms with Crippen LogP contribution in [0.3, 0.4) is 0 Å². The lowest BCUT2D eigenvalue weighted by molar-refractivity contribution is -0.159. The van der Waals surface area contributed by atoms with E-state index in [0.29, 0.717) is 43.5 Å². The second kappa shape index (κ2) is 11.3. The number of hydrogen-bond donors (Lipinski definition) is 1. The van der Waals surface area contributed by atoms with Crippen molar-refractivity contribution in [1.29, 1.82) is 0 Å². The van der Waals surface area contributed by atoms with Crippen molar-refractivity contribution in [3.63, 3.8) is 0 Å². The van der Waals surface area contributed by atoms with Crippen molar-refractivity contribution in [3.8, 4) is 5.75 Å². The molecule has 3 saturated heterocycles. The van der Waals surface area contributed by atoms with E-state index in [1.807, 2.05) is 6.92 Å². The monoisotopic (exact) mass is 526 g/mol. The van der Waals surface area contributed by atoms with E-state index in [4.69, 9.17) is 14.2 Å². The van der Waals surface area contributed by atoms with Gasteiger partial charge in [0.15, 0.2) is 0 Å². The number of methoxy groups -OCH3 is 1. The third-order valence-electron chi connectivity index (χ3n) is 8.28. The minimum Gasteiger partial charge on any atom is -0.497 e. The molecule has 0 radical (unpaired) electrons. The zero-order valence-electron chi connectivity index (χ0n) is 22.3. The maximum atomic E-state index is 14.4. The van der Waals surface area contributed by atoms with Crippen LogP contribution in [0, 0.1) is 11.8 Å². The van der Waals surface area contributed by atoms with Gasteiger partial charge in [0.1, 0.15) is 29.9 Å². The first-order valence-electron chi connectivity index (χ1n) is 13.3. The number of rotatable bonds is 13. The molecule has 1 aromatic carbocycles. The van der Waals surface area contributed by atoms with Crippen molar-refractivity contribution in [2.45, 2.75) is 56.3 Å². The molecule has 3 fully saturated rings. The molecule has 9 heteroatoms. The molecule has 1 aromatic rings. The van der Waals surface area contributed by atoms with E-state index in [0.717, 1.165) is 0 Å². The van der Waals surface area contributed by atoms with Gasteiger partial charge in [-0.2, -0.15) is 0 Å². The maximum Gasteiger partial charge on any atom is 0.313 e. The molecule has 2 unspecified atom stereocenters. The molecular formula is C29H38N2O7. The highest BCUT2D eigenvalue weighted by Gasteiger charge is 2.79. The molecule has 206 valence electrons. The quantitative estimate of drug-likeness (QED) is 0.239. The van der Waals surface area contributed by atoms with Gasteiger partial charge < -0.3 is 29.1 Å². The Kier molecular flexibility index (Phi) is 8.28. The molecular weight excluding hydrogens is 488 g/mol. The van der Waals surface area contributed by atoms with Crippen LogP contribution in [0.1, 0.15) is 39.0 Å². The first-order chi connectivity index (χ1) is 18.3. The summed E-state index contributed by atoms with van der Waals surface area (Å²) in [7, 11) is 1.57. The largest absolute Gasteiger partial charge is 0.497 e. The van der Waals surface area contributed by atoms with Crippen molar-refractivity contribution >= 4 is 23.5 Å². The predicted molar refractivity (Wildman–Crippen MR) is 142 cm³/mol. The molecule has 38 heavy (non-hydrogen) atoms. The van der Waals surface area contributed by atoms with Crippen LogP contribution in [-0.4, -0.2) is 78.4 Å². The third-order valence-corrected chi connectivity index (χ3v) is 8.28. The lowest BCUT2D eigenvalue weighted by Gasteiger charge is -2.37. The van der Waals surface area contributed by atoms with Crippen LogP contribution in [0.5, 0.6) is 5.75 Å². The van der Waals surface area contributed by atoms with Crippen LogP contribution in [0.2, 0.25) is 0 Å². The minimum atomic E-state index is -1.15. The topological polar surface area (TPSA) is 106 Å². The molecule has 3 aliphatic rings. The Morgan fingerprint density at radius 3 is 2.55 bits per heavy atom. The zero-order chi connectivity index (χ0) is 27.5. The summed E-state index contributed by atoms with van der Waals surface area (Å²) in [6, 6.07) is 6.20. The molecule has 3 heterocycles. The first kappa shape index (κ1) is 27.9. The molecule has 2 amide bonds. The summed E-state index contributed by atoms with van der Waals surface area (Å²) in [6.07, 6.45) is 5.70. The number of unbranched alkanes of at least 4 members (excludes halogenated alkanes) is 1. The fourth-order valence-electron chi connectivity index (χ4n) is 6.58. The third kappa shape index (κ3) is 4.41. The highest BCUT2D eigenvalue weighted by molar-refractivity contribution is 6.04. The highest BCUT2D eigenvalue weighted by atomic mass is 16.6. The Balaban J connectivity index is 1.78. The Labute approximate surface area is 224 Å². The van der Waals surface area contributed by atoms with E-state index < -0.39 is 35.0 Å². The van der Waals surface area contributed by atoms with Gasteiger partial charge in [-0.25, -0.2) is 0 Å². The number of benzene rings is 1. The number of carbonyl (C=O) groups is 3. The Morgan fingerprint density at radius 2 is 1.95 bits per heavy atom. The van der Waals surface area contributed by atoms with Crippen LogP contribution in [0.4, 0.5) is 5.69 Å². The second-order valence-electron chi connectivity index (χ2n) is 10.1. The second-order valence-corrected chi connectivity index (χ2v) is 10.1. The molecule has 9 nitrogen and oxygen atoms in total. The standard InChI is InChI=1S/C29H38N2O7/c1-5-16-30(20-10-12-21(36-4)13-11-20)26(34)24-29-15-14-28(7-3,38-29)23(27(35)37-19-6-2)22(29)25(33)31(24)17-8-9-18-32/h5-6,10-13,22-24,32H,1-2,7-9,14-19H2,3-4H3/t22-,23-,24?,28+,29?/m0/s1. The van der Waals surface area contributed by atoms with Gasteiger partial charge >= 0.3 is 5.97 Å². The summed E-state index contributed by atoms with van der Waals surface area (Å²) in [4.78, 5) is 45.0. The van der Waals surface area contributed by atoms with Crippen LogP contribution in [0.15, 0.2) is 49.6 Å². The number of amides is 2. The van der Waals surface area contributed by atoms with E-state index in [-0.39, 0.29) is 38.1 Å². The van der Waals surface area contributed by atoms with E-state index >= 15 is 0 Å². The molecule has 1 spiro atoms. The molecule has 2 bridgehead atoms. The van der Waals surface area contributed by atoms with Crippen LogP contribution >= 0.6 is 0 Å². The number of anilines is 1. The number of nitrogens with zero attached hydrogens (tertiary/aromatic N) is 2. The average molecular weight is 527 g/mol. The molecule has 0 saturated carbocycles. The summed E-state index contributed by atoms with van der Waals surface area (Å²) in [5, 5.41) is 9.36. The molecule has 4 rings (SSSR count). The van der Waals surface area contributed by atoms with Gasteiger partial charge in [-0.1, -0.05) is 25.7 Å². The van der Waals surface area contributed by atoms with E-state index in [1.165, 1.54) is 6.08 Å². The Morgan fingerprint density at radius 1 is 1.21 bits per heavy atom. The number of ether oxygens (including phenoxy) is 3. The summed E-state index contributed by atoms with van der Waals surface area (Å²) in [6.45, 7) is 9.92. The zero-order valence-corrected chi connectivity index (χ0v) is 22.3. The number of carbonyl (C=O) groups excluding carboxylic acids is 3. The fourth-order valence-corrected chi connectivity index (χ4v) is 6.58. The van der Waals surface area contributed by atoms with Crippen molar-refractivity contribution in [2.24, 2.45) is 11.8 Å². The van der Waals surface area contributed by atoms with Crippen LogP contribution < -0.4 is 9.64 Å². The van der Waals surface area contributed by atoms with E-state index in [9.17, 15) is 19.5 Å². The summed E-state index contributed by atoms with van der Waals surface area (Å²) < 4.78 is 17.5. The number of aliphatic hydroxyl groups is 1. The molecule has 0 aromatic heterocycles. The van der Waals surface area contributed by atoms with E-state index in [2.05, 4.69) is 13.2 Å². The van der Waals surface area contributed by atoms with Crippen molar-refractivity contribution in [3.05, 3.63) is 49.6 Å². The van der Waals surface area contributed by atoms with Gasteiger partial charge in [-0.15, -0.1) is 6.58 Å². The lowest BCUT2D eigenvalue weighted by atomic mass is 9.65. The summed E-state index contributed by atoms with van der Waals surface area (Å²) >= 11 is 0. The Hall–Kier alpha value is -3.17. The number of likely N-dealkylation sites (tertiary alicyclic amines) is 1. The predicted octanol–water partition coefficient (Wildman–Crippen LogP) is 2.87. The number of fused-ring (bicyclic) bond motifs is 1. The van der Waals surface area contributed by atoms with E-state index in [1.54, 1.807) is 47.3 Å². The van der Waals surface area contributed by atoms with Gasteiger partial charge in [0.05, 0.1) is 18.6 Å². The molecule has 0 aliphatic carbocycles. The number of esters is 1. The van der Waals surface area contributed by atoms with Gasteiger partial charge in [0.2, 0.25) is 5.91 Å². The van der Waals surface area contributed by atoms with Gasteiger partial charge in [0.25, 0.3) is 5.91 Å².